The number of pyridine rings is 1. The molecule has 4 heteroatoms. The van der Waals surface area contributed by atoms with E-state index in [-0.39, 0.29) is 5.43 Å². The van der Waals surface area contributed by atoms with Crippen molar-refractivity contribution in [3.8, 4) is 0 Å². The van der Waals surface area contributed by atoms with Crippen LogP contribution in [-0.4, -0.2) is 4.57 Å². The van der Waals surface area contributed by atoms with Gasteiger partial charge in [0.25, 0.3) is 0 Å². The van der Waals surface area contributed by atoms with Gasteiger partial charge >= 0.3 is 0 Å². The van der Waals surface area contributed by atoms with Crippen LogP contribution < -0.4 is 5.43 Å². The largest absolute Gasteiger partial charge is 0.311 e. The van der Waals surface area contributed by atoms with Gasteiger partial charge < -0.3 is 4.57 Å². The normalized spacial score (nSPS) is 11.8. The van der Waals surface area contributed by atoms with E-state index in [1.165, 1.54) is 31.4 Å². The Labute approximate surface area is 115 Å². The van der Waals surface area contributed by atoms with Gasteiger partial charge in [-0.25, -0.2) is 0 Å². The second-order valence-electron chi connectivity index (χ2n) is 3.97. The minimum atomic E-state index is -0.0637. The van der Waals surface area contributed by atoms with Crippen molar-refractivity contribution in [2.24, 2.45) is 0 Å². The summed E-state index contributed by atoms with van der Waals surface area (Å²) in [4.78, 5) is 13.0. The van der Waals surface area contributed by atoms with Crippen LogP contribution in [0.3, 0.4) is 0 Å². The lowest BCUT2D eigenvalue weighted by Gasteiger charge is -2.12. The van der Waals surface area contributed by atoms with Gasteiger partial charge in [0.2, 0.25) is 0 Å². The third kappa shape index (κ3) is 4.68. The highest BCUT2D eigenvalue weighted by atomic mass is 79.9. The van der Waals surface area contributed by atoms with Gasteiger partial charge in [0.1, 0.15) is 5.15 Å². The fourth-order valence-corrected chi connectivity index (χ4v) is 2.37. The molecule has 0 radical (unpaired) electrons. The fourth-order valence-electron chi connectivity index (χ4n) is 1.65. The average Bonchev–Trinajstić information content (AvgIpc) is 2.31. The van der Waals surface area contributed by atoms with Crippen molar-refractivity contribution in [3.63, 3.8) is 0 Å². The van der Waals surface area contributed by atoms with Crippen molar-refractivity contribution < 1.29 is 0 Å². The van der Waals surface area contributed by atoms with E-state index < -0.39 is 0 Å². The highest BCUT2D eigenvalue weighted by Crippen LogP contribution is 2.20. The van der Waals surface area contributed by atoms with Gasteiger partial charge in [-0.1, -0.05) is 53.7 Å². The number of rotatable bonds is 6. The number of nitrogens with zero attached hydrogens (tertiary/aromatic N) is 1. The van der Waals surface area contributed by atoms with Gasteiger partial charge in [0, 0.05) is 29.0 Å². The van der Waals surface area contributed by atoms with Crippen molar-refractivity contribution in [2.75, 3.05) is 0 Å². The van der Waals surface area contributed by atoms with Crippen LogP contribution in [0.1, 0.15) is 39.0 Å². The smallest absolute Gasteiger partial charge is 0.183 e. The van der Waals surface area contributed by atoms with Gasteiger partial charge in [0.15, 0.2) is 5.43 Å². The average molecular weight is 319 g/mol. The summed E-state index contributed by atoms with van der Waals surface area (Å²) in [6, 6.07) is 2.96. The topological polar surface area (TPSA) is 22.0 Å². The van der Waals surface area contributed by atoms with Crippen molar-refractivity contribution in [3.05, 3.63) is 38.7 Å². The molecule has 94 valence electrons. The maximum atomic E-state index is 11.1. The monoisotopic (exact) mass is 317 g/mol. The van der Waals surface area contributed by atoms with Crippen LogP contribution in [0.25, 0.3) is 5.70 Å². The Balaban J connectivity index is 2.70. The Morgan fingerprint density at radius 3 is 2.82 bits per heavy atom. The molecule has 0 spiro atoms. The molecule has 0 bridgehead atoms. The second kappa shape index (κ2) is 7.72. The molecule has 0 fully saturated rings. The van der Waals surface area contributed by atoms with Gasteiger partial charge in [-0.2, -0.15) is 0 Å². The van der Waals surface area contributed by atoms with Crippen LogP contribution in [0.2, 0.25) is 5.15 Å². The van der Waals surface area contributed by atoms with Crippen molar-refractivity contribution >= 4 is 33.2 Å². The highest BCUT2D eigenvalue weighted by molar-refractivity contribution is 9.11. The van der Waals surface area contributed by atoms with E-state index in [9.17, 15) is 4.79 Å². The molecule has 17 heavy (non-hydrogen) atoms. The van der Waals surface area contributed by atoms with Gasteiger partial charge in [0.05, 0.1) is 0 Å². The molecular weight excluding hydrogens is 302 g/mol. The number of unbranched alkanes of at least 4 members (excludes halogenated alkanes) is 3. The molecule has 2 nitrogen and oxygen atoms in total. The maximum absolute atomic E-state index is 11.1. The van der Waals surface area contributed by atoms with E-state index in [2.05, 4.69) is 22.9 Å². The van der Waals surface area contributed by atoms with E-state index in [0.29, 0.717) is 5.15 Å². The van der Waals surface area contributed by atoms with Crippen molar-refractivity contribution in [1.82, 2.24) is 4.57 Å². The summed E-state index contributed by atoms with van der Waals surface area (Å²) < 4.78 is 1.84. The first-order valence-corrected chi connectivity index (χ1v) is 7.16. The molecule has 0 amide bonds. The lowest BCUT2D eigenvalue weighted by molar-refractivity contribution is 0.671. The summed E-state index contributed by atoms with van der Waals surface area (Å²) in [6.07, 6.45) is 7.51. The van der Waals surface area contributed by atoms with E-state index in [1.54, 1.807) is 6.20 Å². The summed E-state index contributed by atoms with van der Waals surface area (Å²) >= 11 is 9.40. The van der Waals surface area contributed by atoms with E-state index in [1.807, 2.05) is 9.55 Å². The number of halogens is 2. The molecule has 0 aromatic carbocycles. The Kier molecular flexibility index (Phi) is 6.60. The Bertz CT molecular complexity index is 439. The van der Waals surface area contributed by atoms with Crippen LogP contribution >= 0.6 is 27.5 Å². The third-order valence-electron chi connectivity index (χ3n) is 2.60. The molecule has 1 rings (SSSR count). The molecule has 0 atom stereocenters. The molecule has 0 unspecified atom stereocenters. The molecule has 0 aliphatic rings. The van der Waals surface area contributed by atoms with Crippen molar-refractivity contribution in [1.29, 1.82) is 0 Å². The first-order valence-electron chi connectivity index (χ1n) is 5.87. The van der Waals surface area contributed by atoms with Crippen LogP contribution in [0.15, 0.2) is 28.1 Å². The van der Waals surface area contributed by atoms with Gasteiger partial charge in [-0.15, -0.1) is 0 Å². The minimum absolute atomic E-state index is 0.0637. The zero-order valence-corrected chi connectivity index (χ0v) is 12.3. The predicted molar refractivity (Wildman–Crippen MR) is 77.7 cm³/mol. The molecule has 0 saturated heterocycles. The summed E-state index contributed by atoms with van der Waals surface area (Å²) in [6.45, 7) is 2.19. The summed E-state index contributed by atoms with van der Waals surface area (Å²) in [5, 5.41) is 0.457. The Morgan fingerprint density at radius 2 is 2.24 bits per heavy atom. The molecular formula is C13H17BrClNO. The van der Waals surface area contributed by atoms with Gasteiger partial charge in [-0.05, 0) is 12.8 Å². The molecule has 1 aromatic heterocycles. The molecule has 1 aromatic rings. The quantitative estimate of drug-likeness (QED) is 0.552. The van der Waals surface area contributed by atoms with Crippen LogP contribution in [-0.2, 0) is 0 Å². The Hall–Kier alpha value is -0.540. The van der Waals surface area contributed by atoms with E-state index in [0.717, 1.165) is 18.5 Å². The standard InChI is InChI=1S/C13H17BrClNO/c1-2-3-4-5-6-11(10-14)16-8-7-12(17)9-13(16)15/h7-10H,2-6H2,1H3/b11-10-. The molecule has 0 aliphatic heterocycles. The number of hydrogen-bond acceptors (Lipinski definition) is 1. The summed E-state index contributed by atoms with van der Waals surface area (Å²) in [7, 11) is 0. The number of hydrogen-bond donors (Lipinski definition) is 0. The fraction of sp³-hybridized carbons (Fsp3) is 0.462. The van der Waals surface area contributed by atoms with Crippen LogP contribution in [0.4, 0.5) is 0 Å². The van der Waals surface area contributed by atoms with Crippen LogP contribution in [0.5, 0.6) is 0 Å². The number of aromatic nitrogens is 1. The molecule has 0 aliphatic carbocycles. The maximum Gasteiger partial charge on any atom is 0.183 e. The van der Waals surface area contributed by atoms with E-state index in [4.69, 9.17) is 11.6 Å². The van der Waals surface area contributed by atoms with Gasteiger partial charge in [-0.3, -0.25) is 4.79 Å². The minimum Gasteiger partial charge on any atom is -0.311 e. The first-order chi connectivity index (χ1) is 8.19. The first kappa shape index (κ1) is 14.5. The third-order valence-corrected chi connectivity index (χ3v) is 3.42. The second-order valence-corrected chi connectivity index (χ2v) is 4.81. The zero-order valence-electron chi connectivity index (χ0n) is 9.96. The predicted octanol–water partition coefficient (Wildman–Crippen LogP) is 4.67. The lowest BCUT2D eigenvalue weighted by atomic mass is 10.1. The van der Waals surface area contributed by atoms with Crippen molar-refractivity contribution in [2.45, 2.75) is 39.0 Å². The van der Waals surface area contributed by atoms with Crippen LogP contribution in [0, 0.1) is 0 Å². The SMILES string of the molecule is CCCCCC/C(=C/Br)n1ccc(=O)cc1Cl. The lowest BCUT2D eigenvalue weighted by Crippen LogP contribution is -2.05. The summed E-state index contributed by atoms with van der Waals surface area (Å²) in [5.74, 6) is 0. The molecule has 0 N–H and O–H groups in total. The highest BCUT2D eigenvalue weighted by Gasteiger charge is 2.03. The molecule has 1 heterocycles. The summed E-state index contributed by atoms with van der Waals surface area (Å²) in [5.41, 5.74) is 1.01. The van der Waals surface area contributed by atoms with E-state index >= 15 is 0 Å². The zero-order chi connectivity index (χ0) is 12.7. The number of allylic oxidation sites excluding steroid dienone is 1. The molecule has 0 saturated carbocycles. The Morgan fingerprint density at radius 1 is 1.47 bits per heavy atom.